The molecule has 0 aliphatic rings. The number of hydrogen-bond donors (Lipinski definition) is 2. The monoisotopic (exact) mass is 422 g/mol. The Bertz CT molecular complexity index is 991. The van der Waals surface area contributed by atoms with Gasteiger partial charge >= 0.3 is 6.18 Å². The second-order valence-corrected chi connectivity index (χ2v) is 7.96. The van der Waals surface area contributed by atoms with Crippen LogP contribution in [0.5, 0.6) is 0 Å². The number of aliphatic hydroxyl groups is 1. The second kappa shape index (κ2) is 8.10. The van der Waals surface area contributed by atoms with E-state index in [9.17, 15) is 18.3 Å². The highest BCUT2D eigenvalue weighted by molar-refractivity contribution is 5.63. The minimum absolute atomic E-state index is 0.0390. The highest BCUT2D eigenvalue weighted by atomic mass is 19.4. The van der Waals surface area contributed by atoms with E-state index in [1.165, 1.54) is 4.68 Å². The van der Waals surface area contributed by atoms with Crippen LogP contribution in [-0.4, -0.2) is 50.3 Å². The van der Waals surface area contributed by atoms with Crippen molar-refractivity contribution in [3.05, 3.63) is 36.0 Å². The minimum Gasteiger partial charge on any atom is -0.396 e. The van der Waals surface area contributed by atoms with Crippen LogP contribution in [0.4, 0.5) is 18.9 Å². The van der Waals surface area contributed by atoms with E-state index < -0.39 is 17.3 Å². The number of hydrogen-bond acceptors (Lipinski definition) is 5. The summed E-state index contributed by atoms with van der Waals surface area (Å²) in [5.74, 6) is 0.578. The molecule has 0 atom stereocenters. The summed E-state index contributed by atoms with van der Waals surface area (Å²) in [6.45, 7) is 6.71. The first-order valence-corrected chi connectivity index (χ1v) is 9.54. The van der Waals surface area contributed by atoms with E-state index in [2.05, 4.69) is 20.1 Å². The molecule has 10 heteroatoms. The highest BCUT2D eigenvalue weighted by Crippen LogP contribution is 2.31. The van der Waals surface area contributed by atoms with Crippen LogP contribution in [0, 0.1) is 5.41 Å². The summed E-state index contributed by atoms with van der Waals surface area (Å²) in [5, 5.41) is 19.9. The Hall–Kier alpha value is -2.88. The molecular formula is C20H25F3N6O. The van der Waals surface area contributed by atoms with Crippen molar-refractivity contribution >= 4 is 5.69 Å². The van der Waals surface area contributed by atoms with Gasteiger partial charge in [-0.15, -0.1) is 0 Å². The van der Waals surface area contributed by atoms with Gasteiger partial charge in [0.05, 0.1) is 6.54 Å². The standard InChI is InChI=1S/C20H25F3N6O/c1-5-28(4)14-8-6-13(7-9-14)17-24-18(29(27-17)11-19(2,3)12-30)15-10-16(26-25-15)20(21,22)23/h6-10,30H,5,11-12H2,1-4H3,(H,25,26). The number of nitrogens with one attached hydrogen (secondary N) is 1. The smallest absolute Gasteiger partial charge is 0.396 e. The summed E-state index contributed by atoms with van der Waals surface area (Å²) in [4.78, 5) is 6.54. The van der Waals surface area contributed by atoms with E-state index >= 15 is 0 Å². The average Bonchev–Trinajstić information content (AvgIpc) is 3.34. The number of alkyl halides is 3. The molecule has 2 N–H and O–H groups in total. The lowest BCUT2D eigenvalue weighted by Gasteiger charge is -2.21. The topological polar surface area (TPSA) is 82.9 Å². The highest BCUT2D eigenvalue weighted by Gasteiger charge is 2.34. The van der Waals surface area contributed by atoms with E-state index in [0.29, 0.717) is 5.82 Å². The van der Waals surface area contributed by atoms with Crippen LogP contribution in [0.25, 0.3) is 22.9 Å². The maximum atomic E-state index is 13.0. The van der Waals surface area contributed by atoms with Crippen LogP contribution < -0.4 is 4.90 Å². The molecule has 162 valence electrons. The predicted molar refractivity (Wildman–Crippen MR) is 108 cm³/mol. The summed E-state index contributed by atoms with van der Waals surface area (Å²) >= 11 is 0. The van der Waals surface area contributed by atoms with Crippen LogP contribution in [-0.2, 0) is 12.7 Å². The molecular weight excluding hydrogens is 397 g/mol. The lowest BCUT2D eigenvalue weighted by molar-refractivity contribution is -0.141. The largest absolute Gasteiger partial charge is 0.432 e. The number of benzene rings is 1. The lowest BCUT2D eigenvalue weighted by Crippen LogP contribution is -2.25. The average molecular weight is 422 g/mol. The molecule has 3 rings (SSSR count). The zero-order valence-electron chi connectivity index (χ0n) is 17.3. The summed E-state index contributed by atoms with van der Waals surface area (Å²) in [7, 11) is 1.98. The Balaban J connectivity index is 2.03. The molecule has 2 aromatic heterocycles. The van der Waals surface area contributed by atoms with Crippen molar-refractivity contribution in [3.8, 4) is 22.9 Å². The fraction of sp³-hybridized carbons (Fsp3) is 0.450. The third-order valence-corrected chi connectivity index (χ3v) is 4.83. The lowest BCUT2D eigenvalue weighted by atomic mass is 9.95. The van der Waals surface area contributed by atoms with E-state index in [1.807, 2.05) is 57.2 Å². The van der Waals surface area contributed by atoms with Gasteiger partial charge in [0.15, 0.2) is 11.6 Å². The summed E-state index contributed by atoms with van der Waals surface area (Å²) in [6.07, 6.45) is -4.54. The maximum Gasteiger partial charge on any atom is 0.432 e. The number of aromatic nitrogens is 5. The van der Waals surface area contributed by atoms with E-state index in [-0.39, 0.29) is 24.7 Å². The molecule has 7 nitrogen and oxygen atoms in total. The number of nitrogens with zero attached hydrogens (tertiary/aromatic N) is 5. The molecule has 0 aliphatic heterocycles. The molecule has 30 heavy (non-hydrogen) atoms. The van der Waals surface area contributed by atoms with Gasteiger partial charge < -0.3 is 10.0 Å². The fourth-order valence-electron chi connectivity index (χ4n) is 2.85. The molecule has 1 aromatic carbocycles. The van der Waals surface area contributed by atoms with Crippen LogP contribution >= 0.6 is 0 Å². The van der Waals surface area contributed by atoms with Gasteiger partial charge in [-0.1, -0.05) is 13.8 Å². The van der Waals surface area contributed by atoms with Crippen molar-refractivity contribution in [2.75, 3.05) is 25.1 Å². The minimum atomic E-state index is -4.54. The van der Waals surface area contributed by atoms with E-state index in [1.54, 1.807) is 0 Å². The first-order valence-electron chi connectivity index (χ1n) is 9.54. The van der Waals surface area contributed by atoms with Gasteiger partial charge in [0.2, 0.25) is 0 Å². The molecule has 0 unspecified atom stereocenters. The van der Waals surface area contributed by atoms with Gasteiger partial charge in [0.25, 0.3) is 0 Å². The first-order chi connectivity index (χ1) is 14.0. The molecule has 0 amide bonds. The van der Waals surface area contributed by atoms with Gasteiger partial charge in [0, 0.05) is 36.9 Å². The number of anilines is 1. The van der Waals surface area contributed by atoms with Crippen molar-refractivity contribution in [1.82, 2.24) is 25.0 Å². The van der Waals surface area contributed by atoms with Gasteiger partial charge in [-0.3, -0.25) is 5.10 Å². The number of aliphatic hydroxyl groups excluding tert-OH is 1. The molecule has 0 aliphatic carbocycles. The van der Waals surface area contributed by atoms with Crippen LogP contribution in [0.2, 0.25) is 0 Å². The Labute approximate surface area is 172 Å². The third kappa shape index (κ3) is 4.64. The number of aromatic amines is 1. The van der Waals surface area contributed by atoms with Gasteiger partial charge in [0.1, 0.15) is 11.4 Å². The molecule has 0 spiro atoms. The molecule has 0 bridgehead atoms. The Morgan fingerprint density at radius 3 is 2.37 bits per heavy atom. The molecule has 0 saturated heterocycles. The summed E-state index contributed by atoms with van der Waals surface area (Å²) in [6, 6.07) is 8.53. The second-order valence-electron chi connectivity index (χ2n) is 7.96. The predicted octanol–water partition coefficient (Wildman–Crippen LogP) is 3.83. The van der Waals surface area contributed by atoms with Crippen LogP contribution in [0.1, 0.15) is 26.5 Å². The molecule has 2 heterocycles. The summed E-state index contributed by atoms with van der Waals surface area (Å²) in [5.41, 5.74) is 0.302. The maximum absolute atomic E-state index is 13.0. The van der Waals surface area contributed by atoms with Crippen molar-refractivity contribution in [2.45, 2.75) is 33.5 Å². The van der Waals surface area contributed by atoms with E-state index in [4.69, 9.17) is 0 Å². The number of halogens is 3. The Morgan fingerprint density at radius 1 is 1.17 bits per heavy atom. The quantitative estimate of drug-likeness (QED) is 0.605. The van der Waals surface area contributed by atoms with Gasteiger partial charge in [-0.2, -0.15) is 23.4 Å². The van der Waals surface area contributed by atoms with Crippen molar-refractivity contribution in [1.29, 1.82) is 0 Å². The zero-order valence-corrected chi connectivity index (χ0v) is 17.3. The van der Waals surface area contributed by atoms with Crippen LogP contribution in [0.15, 0.2) is 30.3 Å². The third-order valence-electron chi connectivity index (χ3n) is 4.83. The first kappa shape index (κ1) is 21.8. The van der Waals surface area contributed by atoms with Gasteiger partial charge in [-0.05, 0) is 37.3 Å². The molecule has 0 fully saturated rings. The van der Waals surface area contributed by atoms with Crippen molar-refractivity contribution < 1.29 is 18.3 Å². The Morgan fingerprint density at radius 2 is 1.83 bits per heavy atom. The molecule has 3 aromatic rings. The normalized spacial score (nSPS) is 12.4. The van der Waals surface area contributed by atoms with Crippen molar-refractivity contribution in [2.24, 2.45) is 5.41 Å². The number of H-pyrrole nitrogens is 1. The van der Waals surface area contributed by atoms with Crippen LogP contribution in [0.3, 0.4) is 0 Å². The van der Waals surface area contributed by atoms with Crippen molar-refractivity contribution in [3.63, 3.8) is 0 Å². The van der Waals surface area contributed by atoms with E-state index in [0.717, 1.165) is 23.9 Å². The molecule has 0 saturated carbocycles. The fourth-order valence-corrected chi connectivity index (χ4v) is 2.85. The number of rotatable bonds is 7. The van der Waals surface area contributed by atoms with Gasteiger partial charge in [-0.25, -0.2) is 9.67 Å². The summed E-state index contributed by atoms with van der Waals surface area (Å²) < 4.78 is 40.5. The molecule has 0 radical (unpaired) electrons. The Kier molecular flexibility index (Phi) is 5.89. The SMILES string of the molecule is CCN(C)c1ccc(-c2nc(-c3cc(C(F)(F)F)[nH]n3)n(CC(C)(C)CO)n2)cc1. The zero-order chi connectivity index (χ0) is 22.1.